The molecule has 0 bridgehead atoms. The lowest BCUT2D eigenvalue weighted by Crippen LogP contribution is -1.87. The van der Waals surface area contributed by atoms with Crippen molar-refractivity contribution >= 4 is 0 Å². The highest BCUT2D eigenvalue weighted by Gasteiger charge is 2.07. The van der Waals surface area contributed by atoms with Gasteiger partial charge >= 0.3 is 0 Å². The molecule has 0 spiro atoms. The van der Waals surface area contributed by atoms with Crippen molar-refractivity contribution in [1.29, 1.82) is 0 Å². The Bertz CT molecular complexity index is 451. The van der Waals surface area contributed by atoms with Gasteiger partial charge < -0.3 is 9.26 Å². The van der Waals surface area contributed by atoms with E-state index in [0.717, 1.165) is 5.56 Å². The first-order valence-electron chi connectivity index (χ1n) is 4.68. The third-order valence-electron chi connectivity index (χ3n) is 2.01. The minimum Gasteiger partial charge on any atom is -0.375 e. The zero-order chi connectivity index (χ0) is 10.7. The van der Waals surface area contributed by atoms with Gasteiger partial charge in [0.15, 0.2) is 0 Å². The number of methoxy groups -OCH3 is 1. The Labute approximate surface area is 87.9 Å². The quantitative estimate of drug-likeness (QED) is 0.768. The van der Waals surface area contributed by atoms with Gasteiger partial charge in [0, 0.05) is 12.7 Å². The van der Waals surface area contributed by atoms with Crippen molar-refractivity contribution in [3.8, 4) is 11.4 Å². The van der Waals surface area contributed by atoms with Gasteiger partial charge in [0.25, 0.3) is 5.89 Å². The molecule has 2 rings (SSSR count). The summed E-state index contributed by atoms with van der Waals surface area (Å²) in [4.78, 5) is 4.21. The first-order valence-corrected chi connectivity index (χ1v) is 4.68. The van der Waals surface area contributed by atoms with Crippen molar-refractivity contribution in [1.82, 2.24) is 10.1 Å². The van der Waals surface area contributed by atoms with Crippen LogP contribution in [0.1, 0.15) is 11.5 Å². The normalized spacial score (nSPS) is 10.5. The van der Waals surface area contributed by atoms with E-state index in [1.54, 1.807) is 7.11 Å². The fourth-order valence-corrected chi connectivity index (χ4v) is 1.34. The standard InChI is InChI=1S/C11H12N2O2/c1-8-4-3-5-9(6-8)11-12-10(7-14-2)15-13-11/h3-6H,7H2,1-2H3. The third-order valence-corrected chi connectivity index (χ3v) is 2.01. The van der Waals surface area contributed by atoms with E-state index in [2.05, 4.69) is 10.1 Å². The van der Waals surface area contributed by atoms with Crippen LogP contribution >= 0.6 is 0 Å². The van der Waals surface area contributed by atoms with Crippen molar-refractivity contribution in [2.75, 3.05) is 7.11 Å². The average Bonchev–Trinajstić information content (AvgIpc) is 2.67. The highest BCUT2D eigenvalue weighted by Crippen LogP contribution is 2.16. The minimum atomic E-state index is 0.346. The number of benzene rings is 1. The highest BCUT2D eigenvalue weighted by atomic mass is 16.5. The Morgan fingerprint density at radius 2 is 2.27 bits per heavy atom. The van der Waals surface area contributed by atoms with Crippen molar-refractivity contribution in [2.45, 2.75) is 13.5 Å². The van der Waals surface area contributed by atoms with Crippen molar-refractivity contribution in [2.24, 2.45) is 0 Å². The summed E-state index contributed by atoms with van der Waals surface area (Å²) in [5, 5.41) is 3.88. The lowest BCUT2D eigenvalue weighted by atomic mass is 10.1. The summed E-state index contributed by atoms with van der Waals surface area (Å²) < 4.78 is 9.92. The summed E-state index contributed by atoms with van der Waals surface area (Å²) in [6.45, 7) is 2.37. The van der Waals surface area contributed by atoms with Gasteiger partial charge in [-0.1, -0.05) is 28.9 Å². The first kappa shape index (κ1) is 9.86. The molecular formula is C11H12N2O2. The van der Waals surface area contributed by atoms with Gasteiger partial charge in [0.05, 0.1) is 0 Å². The number of nitrogens with zero attached hydrogens (tertiary/aromatic N) is 2. The zero-order valence-electron chi connectivity index (χ0n) is 8.73. The van der Waals surface area contributed by atoms with Gasteiger partial charge in [-0.05, 0) is 13.0 Å². The highest BCUT2D eigenvalue weighted by molar-refractivity contribution is 5.55. The molecule has 4 heteroatoms. The molecule has 0 aliphatic rings. The van der Waals surface area contributed by atoms with Crippen molar-refractivity contribution in [3.63, 3.8) is 0 Å². The fraction of sp³-hybridized carbons (Fsp3) is 0.273. The maximum atomic E-state index is 5.01. The van der Waals surface area contributed by atoms with Crippen LogP contribution in [0.5, 0.6) is 0 Å². The molecule has 0 atom stereocenters. The number of hydrogen-bond acceptors (Lipinski definition) is 4. The van der Waals surface area contributed by atoms with Crippen LogP contribution in [0, 0.1) is 6.92 Å². The van der Waals surface area contributed by atoms with E-state index in [1.807, 2.05) is 31.2 Å². The zero-order valence-corrected chi connectivity index (χ0v) is 8.73. The number of aromatic nitrogens is 2. The molecule has 4 nitrogen and oxygen atoms in total. The molecular weight excluding hydrogens is 192 g/mol. The molecule has 2 aromatic rings. The minimum absolute atomic E-state index is 0.346. The van der Waals surface area contributed by atoms with E-state index in [1.165, 1.54) is 5.56 Å². The Balaban J connectivity index is 2.29. The van der Waals surface area contributed by atoms with Gasteiger partial charge in [-0.2, -0.15) is 4.98 Å². The average molecular weight is 204 g/mol. The van der Waals surface area contributed by atoms with Crippen LogP contribution in [-0.2, 0) is 11.3 Å². The molecule has 0 fully saturated rings. The fourth-order valence-electron chi connectivity index (χ4n) is 1.34. The second-order valence-corrected chi connectivity index (χ2v) is 3.31. The number of hydrogen-bond donors (Lipinski definition) is 0. The van der Waals surface area contributed by atoms with Crippen LogP contribution in [0.2, 0.25) is 0 Å². The van der Waals surface area contributed by atoms with Gasteiger partial charge in [0.2, 0.25) is 5.82 Å². The van der Waals surface area contributed by atoms with Crippen LogP contribution in [0.25, 0.3) is 11.4 Å². The van der Waals surface area contributed by atoms with E-state index in [-0.39, 0.29) is 0 Å². The van der Waals surface area contributed by atoms with Crippen LogP contribution < -0.4 is 0 Å². The van der Waals surface area contributed by atoms with E-state index in [9.17, 15) is 0 Å². The Kier molecular flexibility index (Phi) is 2.78. The Morgan fingerprint density at radius 3 is 3.00 bits per heavy atom. The molecule has 78 valence electrons. The van der Waals surface area contributed by atoms with E-state index in [0.29, 0.717) is 18.3 Å². The van der Waals surface area contributed by atoms with Crippen LogP contribution in [0.3, 0.4) is 0 Å². The van der Waals surface area contributed by atoms with Crippen LogP contribution in [-0.4, -0.2) is 17.3 Å². The smallest absolute Gasteiger partial charge is 0.252 e. The molecule has 1 heterocycles. The van der Waals surface area contributed by atoms with Crippen molar-refractivity contribution < 1.29 is 9.26 Å². The molecule has 0 radical (unpaired) electrons. The van der Waals surface area contributed by atoms with Gasteiger partial charge in [-0.15, -0.1) is 0 Å². The number of rotatable bonds is 3. The third kappa shape index (κ3) is 2.22. The molecule has 0 amide bonds. The monoisotopic (exact) mass is 204 g/mol. The summed E-state index contributed by atoms with van der Waals surface area (Å²) >= 11 is 0. The topological polar surface area (TPSA) is 48.2 Å². The predicted molar refractivity (Wildman–Crippen MR) is 55.2 cm³/mol. The summed E-state index contributed by atoms with van der Waals surface area (Å²) in [5.74, 6) is 1.10. The van der Waals surface area contributed by atoms with E-state index < -0.39 is 0 Å². The summed E-state index contributed by atoms with van der Waals surface area (Å²) in [5.41, 5.74) is 2.13. The molecule has 0 unspecified atom stereocenters. The summed E-state index contributed by atoms with van der Waals surface area (Å²) in [6.07, 6.45) is 0. The molecule has 0 N–H and O–H groups in total. The molecule has 0 aliphatic heterocycles. The van der Waals surface area contributed by atoms with E-state index >= 15 is 0 Å². The maximum absolute atomic E-state index is 5.01. The largest absolute Gasteiger partial charge is 0.375 e. The second-order valence-electron chi connectivity index (χ2n) is 3.31. The van der Waals surface area contributed by atoms with Gasteiger partial charge in [-0.3, -0.25) is 0 Å². The maximum Gasteiger partial charge on any atom is 0.252 e. The van der Waals surface area contributed by atoms with Gasteiger partial charge in [-0.25, -0.2) is 0 Å². The van der Waals surface area contributed by atoms with Crippen LogP contribution in [0.15, 0.2) is 28.8 Å². The van der Waals surface area contributed by atoms with Gasteiger partial charge in [0.1, 0.15) is 6.61 Å². The molecule has 1 aromatic heterocycles. The summed E-state index contributed by atoms with van der Waals surface area (Å²) in [6, 6.07) is 7.96. The number of ether oxygens (including phenoxy) is 1. The summed E-state index contributed by atoms with van der Waals surface area (Å²) in [7, 11) is 1.59. The number of aryl methyl sites for hydroxylation is 1. The second kappa shape index (κ2) is 4.23. The SMILES string of the molecule is COCc1nc(-c2cccc(C)c2)no1. The first-order chi connectivity index (χ1) is 7.29. The molecule has 0 saturated heterocycles. The molecule has 0 saturated carbocycles. The van der Waals surface area contributed by atoms with E-state index in [4.69, 9.17) is 9.26 Å². The molecule has 15 heavy (non-hydrogen) atoms. The molecule has 1 aromatic carbocycles. The predicted octanol–water partition coefficient (Wildman–Crippen LogP) is 2.19. The Hall–Kier alpha value is -1.68. The van der Waals surface area contributed by atoms with Crippen molar-refractivity contribution in [3.05, 3.63) is 35.7 Å². The Morgan fingerprint density at radius 1 is 1.40 bits per heavy atom. The lowest BCUT2D eigenvalue weighted by Gasteiger charge is -1.95. The molecule has 0 aliphatic carbocycles. The van der Waals surface area contributed by atoms with Crippen LogP contribution in [0.4, 0.5) is 0 Å². The lowest BCUT2D eigenvalue weighted by molar-refractivity contribution is 0.151.